The molecular weight excluding hydrogens is 290 g/mol. The monoisotopic (exact) mass is 311 g/mol. The Balaban J connectivity index is 1.77. The van der Waals surface area contributed by atoms with E-state index in [0.717, 1.165) is 11.3 Å². The van der Waals surface area contributed by atoms with Gasteiger partial charge in [0.1, 0.15) is 0 Å². The second-order valence-corrected chi connectivity index (χ2v) is 5.92. The third-order valence-electron chi connectivity index (χ3n) is 4.45. The molecule has 0 saturated carbocycles. The molecule has 1 saturated heterocycles. The molecule has 0 aliphatic carbocycles. The standard InChI is InChI=1S/C18H21N3O2/c1-21-16(22)10-9-15(17(21)13-6-3-2-4-7-13)18(23)20-12-14-8-5-11-19-14/h2-8,11,15,17,19H,9-10,12H2,1H3,(H,20,23)/t15-,17+/m0/s1. The molecule has 1 fully saturated rings. The molecule has 1 aromatic carbocycles. The van der Waals surface area contributed by atoms with Gasteiger partial charge in [-0.25, -0.2) is 0 Å². The van der Waals surface area contributed by atoms with Crippen molar-refractivity contribution in [1.82, 2.24) is 15.2 Å². The average molecular weight is 311 g/mol. The van der Waals surface area contributed by atoms with Crippen molar-refractivity contribution in [2.24, 2.45) is 5.92 Å². The largest absolute Gasteiger partial charge is 0.364 e. The van der Waals surface area contributed by atoms with Crippen LogP contribution in [0.4, 0.5) is 0 Å². The Morgan fingerprint density at radius 1 is 1.26 bits per heavy atom. The third kappa shape index (κ3) is 3.28. The van der Waals surface area contributed by atoms with E-state index in [4.69, 9.17) is 0 Å². The second-order valence-electron chi connectivity index (χ2n) is 5.92. The number of rotatable bonds is 4. The molecule has 0 spiro atoms. The van der Waals surface area contributed by atoms with E-state index in [1.165, 1.54) is 0 Å². The van der Waals surface area contributed by atoms with Gasteiger partial charge >= 0.3 is 0 Å². The van der Waals surface area contributed by atoms with E-state index >= 15 is 0 Å². The van der Waals surface area contributed by atoms with Crippen molar-refractivity contribution in [3.63, 3.8) is 0 Å². The first-order chi connectivity index (χ1) is 11.2. The van der Waals surface area contributed by atoms with Crippen LogP contribution in [0.25, 0.3) is 0 Å². The number of carbonyl (C=O) groups excluding carboxylic acids is 2. The van der Waals surface area contributed by atoms with Gasteiger partial charge in [-0.3, -0.25) is 9.59 Å². The summed E-state index contributed by atoms with van der Waals surface area (Å²) in [5, 5.41) is 2.98. The summed E-state index contributed by atoms with van der Waals surface area (Å²) < 4.78 is 0. The minimum absolute atomic E-state index is 0.00666. The third-order valence-corrected chi connectivity index (χ3v) is 4.45. The molecule has 0 bridgehead atoms. The van der Waals surface area contributed by atoms with Crippen LogP contribution in [0.2, 0.25) is 0 Å². The molecule has 2 N–H and O–H groups in total. The van der Waals surface area contributed by atoms with Gasteiger partial charge in [-0.15, -0.1) is 0 Å². The van der Waals surface area contributed by atoms with E-state index in [2.05, 4.69) is 10.3 Å². The van der Waals surface area contributed by atoms with Crippen LogP contribution in [0.5, 0.6) is 0 Å². The van der Waals surface area contributed by atoms with Crippen molar-refractivity contribution in [3.8, 4) is 0 Å². The summed E-state index contributed by atoms with van der Waals surface area (Å²) in [5.74, 6) is -0.143. The van der Waals surface area contributed by atoms with E-state index in [0.29, 0.717) is 19.4 Å². The van der Waals surface area contributed by atoms with Gasteiger partial charge in [0, 0.05) is 25.4 Å². The van der Waals surface area contributed by atoms with Crippen molar-refractivity contribution in [1.29, 1.82) is 0 Å². The molecule has 2 amide bonds. The second kappa shape index (κ2) is 6.69. The summed E-state index contributed by atoms with van der Waals surface area (Å²) in [7, 11) is 1.78. The highest BCUT2D eigenvalue weighted by Gasteiger charge is 2.38. The molecular formula is C18H21N3O2. The smallest absolute Gasteiger partial charge is 0.225 e. The Hall–Kier alpha value is -2.56. The minimum Gasteiger partial charge on any atom is -0.364 e. The van der Waals surface area contributed by atoms with Crippen LogP contribution in [0.1, 0.15) is 30.1 Å². The molecule has 1 aliphatic heterocycles. The Morgan fingerprint density at radius 3 is 2.74 bits per heavy atom. The Kier molecular flexibility index (Phi) is 4.46. The van der Waals surface area contributed by atoms with E-state index in [9.17, 15) is 9.59 Å². The molecule has 1 aromatic heterocycles. The number of carbonyl (C=O) groups is 2. The van der Waals surface area contributed by atoms with Crippen molar-refractivity contribution in [2.45, 2.75) is 25.4 Å². The van der Waals surface area contributed by atoms with Crippen molar-refractivity contribution < 1.29 is 9.59 Å². The minimum atomic E-state index is -0.227. The van der Waals surface area contributed by atoms with Crippen LogP contribution in [-0.2, 0) is 16.1 Å². The maximum absolute atomic E-state index is 12.7. The number of aromatic nitrogens is 1. The van der Waals surface area contributed by atoms with Gasteiger partial charge in [0.05, 0.1) is 18.5 Å². The number of hydrogen-bond acceptors (Lipinski definition) is 2. The lowest BCUT2D eigenvalue weighted by Gasteiger charge is -2.38. The predicted octanol–water partition coefficient (Wildman–Crippen LogP) is 2.24. The highest BCUT2D eigenvalue weighted by molar-refractivity contribution is 5.84. The topological polar surface area (TPSA) is 65.2 Å². The number of hydrogen-bond donors (Lipinski definition) is 2. The van der Waals surface area contributed by atoms with Gasteiger partial charge in [0.25, 0.3) is 0 Å². The number of piperidine rings is 1. The molecule has 5 heteroatoms. The normalized spacial score (nSPS) is 21.3. The number of H-pyrrole nitrogens is 1. The number of likely N-dealkylation sites (tertiary alicyclic amines) is 1. The van der Waals surface area contributed by atoms with E-state index < -0.39 is 0 Å². The van der Waals surface area contributed by atoms with Gasteiger partial charge in [-0.1, -0.05) is 30.3 Å². The maximum atomic E-state index is 12.7. The number of nitrogens with one attached hydrogen (secondary N) is 2. The van der Waals surface area contributed by atoms with Crippen LogP contribution < -0.4 is 5.32 Å². The summed E-state index contributed by atoms with van der Waals surface area (Å²) in [5.41, 5.74) is 1.97. The van der Waals surface area contributed by atoms with E-state index in [1.807, 2.05) is 48.7 Å². The molecule has 2 aromatic rings. The molecule has 2 atom stereocenters. The van der Waals surface area contributed by atoms with Gasteiger partial charge in [-0.05, 0) is 24.1 Å². The Morgan fingerprint density at radius 2 is 2.04 bits per heavy atom. The van der Waals surface area contributed by atoms with Crippen molar-refractivity contribution in [3.05, 3.63) is 59.9 Å². The average Bonchev–Trinajstić information content (AvgIpc) is 3.09. The Labute approximate surface area is 135 Å². The number of aromatic amines is 1. The fourth-order valence-corrected chi connectivity index (χ4v) is 3.21. The Bertz CT molecular complexity index is 667. The van der Waals surface area contributed by atoms with Crippen molar-refractivity contribution in [2.75, 3.05) is 7.05 Å². The van der Waals surface area contributed by atoms with Gasteiger partial charge in [-0.2, -0.15) is 0 Å². The van der Waals surface area contributed by atoms with Crippen LogP contribution in [0, 0.1) is 5.92 Å². The molecule has 2 heterocycles. The van der Waals surface area contributed by atoms with E-state index in [-0.39, 0.29) is 23.8 Å². The lowest BCUT2D eigenvalue weighted by molar-refractivity contribution is -0.141. The summed E-state index contributed by atoms with van der Waals surface area (Å²) in [6.07, 6.45) is 2.83. The number of amides is 2. The summed E-state index contributed by atoms with van der Waals surface area (Å²) >= 11 is 0. The number of benzene rings is 1. The zero-order chi connectivity index (χ0) is 16.2. The first-order valence-electron chi connectivity index (χ1n) is 7.87. The fourth-order valence-electron chi connectivity index (χ4n) is 3.21. The molecule has 0 unspecified atom stereocenters. The summed E-state index contributed by atoms with van der Waals surface area (Å²) in [4.78, 5) is 29.5. The molecule has 23 heavy (non-hydrogen) atoms. The zero-order valence-corrected chi connectivity index (χ0v) is 13.2. The summed E-state index contributed by atoms with van der Waals surface area (Å²) in [6.45, 7) is 0.474. The highest BCUT2D eigenvalue weighted by Crippen LogP contribution is 2.35. The van der Waals surface area contributed by atoms with Gasteiger partial charge in [0.15, 0.2) is 0 Å². The van der Waals surface area contributed by atoms with Gasteiger partial charge < -0.3 is 15.2 Å². The summed E-state index contributed by atoms with van der Waals surface area (Å²) in [6, 6.07) is 13.4. The maximum Gasteiger partial charge on any atom is 0.225 e. The highest BCUT2D eigenvalue weighted by atomic mass is 16.2. The predicted molar refractivity (Wildman–Crippen MR) is 87.3 cm³/mol. The first kappa shape index (κ1) is 15.3. The lowest BCUT2D eigenvalue weighted by Crippen LogP contribution is -2.46. The lowest BCUT2D eigenvalue weighted by atomic mass is 9.84. The van der Waals surface area contributed by atoms with Gasteiger partial charge in [0.2, 0.25) is 11.8 Å². The quantitative estimate of drug-likeness (QED) is 0.909. The van der Waals surface area contributed by atoms with Crippen molar-refractivity contribution >= 4 is 11.8 Å². The van der Waals surface area contributed by atoms with Crippen LogP contribution in [0.15, 0.2) is 48.7 Å². The van der Waals surface area contributed by atoms with Crippen LogP contribution in [0.3, 0.4) is 0 Å². The molecule has 120 valence electrons. The molecule has 5 nitrogen and oxygen atoms in total. The molecule has 1 aliphatic rings. The molecule has 0 radical (unpaired) electrons. The number of nitrogens with zero attached hydrogens (tertiary/aromatic N) is 1. The molecule has 3 rings (SSSR count). The first-order valence-corrected chi connectivity index (χ1v) is 7.87. The SMILES string of the molecule is CN1C(=O)CC[C@H](C(=O)NCc2ccc[nH]2)[C@H]1c1ccccc1. The fraction of sp³-hybridized carbons (Fsp3) is 0.333. The van der Waals surface area contributed by atoms with Crippen LogP contribution in [-0.4, -0.2) is 28.7 Å². The zero-order valence-electron chi connectivity index (χ0n) is 13.2. The van der Waals surface area contributed by atoms with Crippen LogP contribution >= 0.6 is 0 Å². The van der Waals surface area contributed by atoms with E-state index in [1.54, 1.807) is 11.9 Å².